The van der Waals surface area contributed by atoms with E-state index in [0.29, 0.717) is 11.2 Å². The zero-order valence-corrected chi connectivity index (χ0v) is 6.89. The molecule has 0 aromatic heterocycles. The Labute approximate surface area is 66.0 Å². The van der Waals surface area contributed by atoms with Gasteiger partial charge >= 0.3 is 0 Å². The van der Waals surface area contributed by atoms with E-state index in [2.05, 4.69) is 24.2 Å². The van der Waals surface area contributed by atoms with Gasteiger partial charge in [0.05, 0.1) is 6.04 Å². The Morgan fingerprint density at radius 2 is 2.40 bits per heavy atom. The minimum absolute atomic E-state index is 0.244. The Morgan fingerprint density at radius 3 is 2.80 bits per heavy atom. The molecule has 0 saturated carbocycles. The minimum Gasteiger partial charge on any atom is -0.337 e. The number of hydrogen-bond donors (Lipinski definition) is 1. The lowest BCUT2D eigenvalue weighted by Crippen LogP contribution is -2.22. The van der Waals surface area contributed by atoms with E-state index >= 15 is 0 Å². The molecular formula is C7H11ClN2. The lowest BCUT2D eigenvalue weighted by atomic mass is 10.1. The second-order valence-corrected chi connectivity index (χ2v) is 3.02. The van der Waals surface area contributed by atoms with Crippen molar-refractivity contribution in [3.8, 4) is 0 Å². The van der Waals surface area contributed by atoms with Crippen LogP contribution in [0.4, 0.5) is 0 Å². The molecule has 1 rings (SSSR count). The van der Waals surface area contributed by atoms with Gasteiger partial charge in [-0.15, -0.1) is 0 Å². The van der Waals surface area contributed by atoms with Gasteiger partial charge in [-0.3, -0.25) is 0 Å². The predicted molar refractivity (Wildman–Crippen MR) is 44.2 cm³/mol. The van der Waals surface area contributed by atoms with Crippen molar-refractivity contribution in [3.05, 3.63) is 12.3 Å². The van der Waals surface area contributed by atoms with Gasteiger partial charge in [0.2, 0.25) is 0 Å². The van der Waals surface area contributed by atoms with Crippen molar-refractivity contribution in [1.82, 2.24) is 5.32 Å². The number of nitrogens with zero attached hydrogens (tertiary/aromatic N) is 1. The van der Waals surface area contributed by atoms with Crippen LogP contribution >= 0.6 is 11.6 Å². The highest BCUT2D eigenvalue weighted by Crippen LogP contribution is 2.10. The first-order valence-corrected chi connectivity index (χ1v) is 3.74. The van der Waals surface area contributed by atoms with Gasteiger partial charge in [0.25, 0.3) is 0 Å². The normalized spacial score (nSPS) is 24.4. The molecule has 10 heavy (non-hydrogen) atoms. The molecule has 0 fully saturated rings. The van der Waals surface area contributed by atoms with Crippen molar-refractivity contribution >= 4 is 16.9 Å². The smallest absolute Gasteiger partial charge is 0.195 e. The van der Waals surface area contributed by atoms with Gasteiger partial charge in [-0.2, -0.15) is 0 Å². The highest BCUT2D eigenvalue weighted by Gasteiger charge is 2.11. The first-order chi connectivity index (χ1) is 4.70. The zero-order valence-electron chi connectivity index (χ0n) is 6.13. The lowest BCUT2D eigenvalue weighted by Gasteiger charge is -2.15. The Morgan fingerprint density at radius 1 is 1.70 bits per heavy atom. The van der Waals surface area contributed by atoms with Crippen LogP contribution in [0.15, 0.2) is 17.3 Å². The summed E-state index contributed by atoms with van der Waals surface area (Å²) in [6, 6.07) is 0.244. The maximum absolute atomic E-state index is 5.64. The van der Waals surface area contributed by atoms with Crippen LogP contribution in [0.25, 0.3) is 0 Å². The zero-order chi connectivity index (χ0) is 7.56. The van der Waals surface area contributed by atoms with Gasteiger partial charge in [0.1, 0.15) is 0 Å². The van der Waals surface area contributed by atoms with Crippen molar-refractivity contribution in [2.45, 2.75) is 19.9 Å². The van der Waals surface area contributed by atoms with E-state index in [1.165, 1.54) is 0 Å². The van der Waals surface area contributed by atoms with Gasteiger partial charge in [0.15, 0.2) is 5.29 Å². The van der Waals surface area contributed by atoms with E-state index in [9.17, 15) is 0 Å². The van der Waals surface area contributed by atoms with Crippen molar-refractivity contribution in [3.63, 3.8) is 0 Å². The van der Waals surface area contributed by atoms with E-state index in [1.807, 2.05) is 12.3 Å². The molecule has 0 radical (unpaired) electrons. The van der Waals surface area contributed by atoms with Crippen LogP contribution in [-0.4, -0.2) is 11.3 Å². The summed E-state index contributed by atoms with van der Waals surface area (Å²) >= 11 is 5.64. The standard InChI is InChI=1S/C7H11ClN2/c1-5(2)6-3-4-9-7(8)10-6/h3-6H,1-2H3,(H,9,10). The summed E-state index contributed by atoms with van der Waals surface area (Å²) in [5, 5.41) is 3.29. The number of nitrogens with one attached hydrogen (secondary N) is 1. The molecule has 0 saturated heterocycles. The highest BCUT2D eigenvalue weighted by molar-refractivity contribution is 6.64. The lowest BCUT2D eigenvalue weighted by molar-refractivity contribution is 0.567. The average molecular weight is 159 g/mol. The molecule has 0 aromatic carbocycles. The fraction of sp³-hybridized carbons (Fsp3) is 0.571. The summed E-state index contributed by atoms with van der Waals surface area (Å²) in [4.78, 5) is 4.17. The van der Waals surface area contributed by atoms with Gasteiger partial charge in [-0.05, 0) is 23.6 Å². The molecule has 56 valence electrons. The van der Waals surface area contributed by atoms with Crippen LogP contribution in [0.2, 0.25) is 0 Å². The molecule has 1 atom stereocenters. The van der Waals surface area contributed by atoms with Gasteiger partial charge in [0, 0.05) is 6.20 Å². The van der Waals surface area contributed by atoms with Gasteiger partial charge in [-0.1, -0.05) is 13.8 Å². The number of hydrogen-bond acceptors (Lipinski definition) is 2. The topological polar surface area (TPSA) is 24.4 Å². The summed E-state index contributed by atoms with van der Waals surface area (Å²) in [6.45, 7) is 4.24. The first kappa shape index (κ1) is 7.61. The Balaban J connectivity index is 2.61. The SMILES string of the molecule is CC(C)C1C=CNC(Cl)=N1. The summed E-state index contributed by atoms with van der Waals surface area (Å²) in [5.41, 5.74) is 0. The van der Waals surface area contributed by atoms with Crippen LogP contribution in [-0.2, 0) is 0 Å². The third kappa shape index (κ3) is 1.74. The largest absolute Gasteiger partial charge is 0.337 e. The molecule has 1 aliphatic rings. The fourth-order valence-electron chi connectivity index (χ4n) is 0.798. The Kier molecular flexibility index (Phi) is 2.33. The van der Waals surface area contributed by atoms with Crippen LogP contribution < -0.4 is 5.32 Å². The molecule has 3 heteroatoms. The maximum atomic E-state index is 5.64. The Bertz CT molecular complexity index is 172. The van der Waals surface area contributed by atoms with Crippen molar-refractivity contribution in [2.24, 2.45) is 10.9 Å². The van der Waals surface area contributed by atoms with E-state index in [4.69, 9.17) is 11.6 Å². The molecule has 0 spiro atoms. The third-order valence-corrected chi connectivity index (χ3v) is 1.65. The number of rotatable bonds is 1. The molecule has 1 N–H and O–H groups in total. The predicted octanol–water partition coefficient (Wildman–Crippen LogP) is 1.72. The second-order valence-electron chi connectivity index (χ2n) is 2.66. The molecule has 2 nitrogen and oxygen atoms in total. The molecule has 0 aliphatic carbocycles. The summed E-state index contributed by atoms with van der Waals surface area (Å²) in [6.07, 6.45) is 3.84. The Hall–Kier alpha value is -0.500. The van der Waals surface area contributed by atoms with Gasteiger partial charge < -0.3 is 5.32 Å². The van der Waals surface area contributed by atoms with Crippen LogP contribution in [0.5, 0.6) is 0 Å². The van der Waals surface area contributed by atoms with Crippen molar-refractivity contribution in [2.75, 3.05) is 0 Å². The highest BCUT2D eigenvalue weighted by atomic mass is 35.5. The minimum atomic E-state index is 0.244. The van der Waals surface area contributed by atoms with E-state index in [0.717, 1.165) is 0 Å². The number of halogens is 1. The van der Waals surface area contributed by atoms with Crippen LogP contribution in [0.3, 0.4) is 0 Å². The molecule has 1 heterocycles. The van der Waals surface area contributed by atoms with E-state index < -0.39 is 0 Å². The molecule has 0 amide bonds. The second kappa shape index (κ2) is 3.06. The molecule has 1 aliphatic heterocycles. The summed E-state index contributed by atoms with van der Waals surface area (Å²) in [5.74, 6) is 0.520. The average Bonchev–Trinajstić information content (AvgIpc) is 1.88. The van der Waals surface area contributed by atoms with Crippen LogP contribution in [0.1, 0.15) is 13.8 Å². The number of aliphatic imine (C=N–C) groups is 1. The van der Waals surface area contributed by atoms with E-state index in [1.54, 1.807) is 0 Å². The van der Waals surface area contributed by atoms with Gasteiger partial charge in [-0.25, -0.2) is 4.99 Å². The summed E-state index contributed by atoms with van der Waals surface area (Å²) < 4.78 is 0. The van der Waals surface area contributed by atoms with Crippen LogP contribution in [0, 0.1) is 5.92 Å². The number of amidine groups is 1. The fourth-order valence-corrected chi connectivity index (χ4v) is 0.974. The molecular weight excluding hydrogens is 148 g/mol. The van der Waals surface area contributed by atoms with Crippen molar-refractivity contribution in [1.29, 1.82) is 0 Å². The maximum Gasteiger partial charge on any atom is 0.195 e. The van der Waals surface area contributed by atoms with Crippen molar-refractivity contribution < 1.29 is 0 Å². The third-order valence-electron chi connectivity index (χ3n) is 1.44. The molecule has 1 unspecified atom stereocenters. The quantitative estimate of drug-likeness (QED) is 0.578. The first-order valence-electron chi connectivity index (χ1n) is 3.36. The molecule has 0 aromatic rings. The van der Waals surface area contributed by atoms with E-state index in [-0.39, 0.29) is 6.04 Å². The monoisotopic (exact) mass is 158 g/mol. The summed E-state index contributed by atoms with van der Waals surface area (Å²) in [7, 11) is 0. The molecule has 0 bridgehead atoms.